The average molecular weight is 871 g/mol. The molecule has 1 aliphatic heterocycles. The number of nitrogens with zero attached hydrogens (tertiary/aromatic N) is 1. The Morgan fingerprint density at radius 3 is 2.08 bits per heavy atom. The molecule has 6 N–H and O–H groups in total. The van der Waals surface area contributed by atoms with Gasteiger partial charge < -0.3 is 36.6 Å². The van der Waals surface area contributed by atoms with Crippen molar-refractivity contribution in [3.63, 3.8) is 0 Å². The van der Waals surface area contributed by atoms with E-state index in [-0.39, 0.29) is 36.4 Å². The van der Waals surface area contributed by atoms with E-state index >= 15 is 0 Å². The molecule has 4 rings (SSSR count). The Labute approximate surface area is 347 Å². The van der Waals surface area contributed by atoms with Crippen LogP contribution in [0.15, 0.2) is 24.3 Å². The van der Waals surface area contributed by atoms with Gasteiger partial charge in [-0.1, -0.05) is 56.3 Å². The van der Waals surface area contributed by atoms with Gasteiger partial charge in [0.15, 0.2) is 23.3 Å². The Morgan fingerprint density at radius 2 is 1.52 bits per heavy atom. The zero-order valence-electron chi connectivity index (χ0n) is 33.4. The average Bonchev–Trinajstić information content (AvgIpc) is 3.61. The van der Waals surface area contributed by atoms with Gasteiger partial charge in [-0.3, -0.25) is 33.6 Å². The van der Waals surface area contributed by atoms with Gasteiger partial charge in [-0.15, -0.1) is 0 Å². The minimum absolute atomic E-state index is 0.0615. The number of rotatable bonds is 16. The van der Waals surface area contributed by atoms with Gasteiger partial charge in [-0.2, -0.15) is 0 Å². The van der Waals surface area contributed by atoms with E-state index in [2.05, 4.69) is 21.3 Å². The predicted molar refractivity (Wildman–Crippen MR) is 205 cm³/mol. The molecule has 0 spiro atoms. The minimum atomic E-state index is -2.47. The molecule has 5 atom stereocenters. The van der Waals surface area contributed by atoms with Gasteiger partial charge in [0, 0.05) is 18.0 Å². The number of carbonyl (C=O) groups is 7. The summed E-state index contributed by atoms with van der Waals surface area (Å²) in [6.45, 7) is 5.83. The molecule has 328 valence electrons. The topological polar surface area (TPSA) is 206 Å². The van der Waals surface area contributed by atoms with Crippen LogP contribution in [-0.4, -0.2) is 89.0 Å². The van der Waals surface area contributed by atoms with Crippen molar-refractivity contribution < 1.29 is 60.3 Å². The summed E-state index contributed by atoms with van der Waals surface area (Å²) < 4.78 is 77.6. The second-order valence-electron chi connectivity index (χ2n) is 15.7. The third-order valence-electron chi connectivity index (χ3n) is 10.1. The van der Waals surface area contributed by atoms with Gasteiger partial charge >= 0.3 is 0 Å². The summed E-state index contributed by atoms with van der Waals surface area (Å²) in [6.07, 6.45) is 1.91. The van der Waals surface area contributed by atoms with Crippen LogP contribution in [0.2, 0.25) is 5.02 Å². The van der Waals surface area contributed by atoms with E-state index < -0.39 is 124 Å². The van der Waals surface area contributed by atoms with Gasteiger partial charge in [-0.25, -0.2) is 22.0 Å². The molecule has 2 aliphatic rings. The fraction of sp³-hybridized carbons (Fsp3) is 0.525. The summed E-state index contributed by atoms with van der Waals surface area (Å²) in [4.78, 5) is 94.1. The predicted octanol–water partition coefficient (Wildman–Crippen LogP) is 3.81. The summed E-state index contributed by atoms with van der Waals surface area (Å²) in [5.41, 5.74) is 3.14. The zero-order chi connectivity index (χ0) is 44.6. The van der Waals surface area contributed by atoms with Crippen molar-refractivity contribution in [1.29, 1.82) is 0 Å². The molecule has 60 heavy (non-hydrogen) atoms. The number of ketones is 1. The zero-order valence-corrected chi connectivity index (χ0v) is 34.2. The van der Waals surface area contributed by atoms with Crippen LogP contribution in [0.25, 0.3) is 0 Å². The first-order chi connectivity index (χ1) is 28.1. The molecule has 0 radical (unpaired) electrons. The van der Waals surface area contributed by atoms with E-state index in [9.17, 15) is 55.5 Å². The summed E-state index contributed by atoms with van der Waals surface area (Å²) in [5.74, 6) is -20.4. The number of carbonyl (C=O) groups excluding carboxylic acids is 7. The van der Waals surface area contributed by atoms with Crippen molar-refractivity contribution in [2.45, 2.75) is 115 Å². The Balaban J connectivity index is 1.55. The van der Waals surface area contributed by atoms with E-state index in [1.807, 2.05) is 0 Å². The van der Waals surface area contributed by atoms with Crippen molar-refractivity contribution in [2.24, 2.45) is 11.7 Å². The van der Waals surface area contributed by atoms with Crippen molar-refractivity contribution in [2.75, 3.05) is 13.1 Å². The van der Waals surface area contributed by atoms with Gasteiger partial charge in [0.1, 0.15) is 23.7 Å². The SMILES string of the molecule is CCCC(NC(=O)C1CC(OC(C)(C)C)CN1C(=O)C(NC(=O)c1c(F)c(F)c(F)c(F)c1F)C1CCCCC1)C(=O)C(=O)NCC(=O)NC(C(N)=O)c1cccc(Cl)c1. The summed E-state index contributed by atoms with van der Waals surface area (Å²) in [5, 5.41) is 9.48. The third-order valence-corrected chi connectivity index (χ3v) is 10.3. The van der Waals surface area contributed by atoms with Crippen LogP contribution in [0.5, 0.6) is 0 Å². The van der Waals surface area contributed by atoms with Crippen LogP contribution in [0.4, 0.5) is 22.0 Å². The van der Waals surface area contributed by atoms with E-state index in [1.54, 1.807) is 27.7 Å². The Hall–Kier alpha value is -5.17. The molecule has 5 unspecified atom stereocenters. The number of nitrogens with two attached hydrogens (primary N) is 1. The fourth-order valence-corrected chi connectivity index (χ4v) is 7.57. The third kappa shape index (κ3) is 11.8. The first-order valence-electron chi connectivity index (χ1n) is 19.4. The lowest BCUT2D eigenvalue weighted by molar-refractivity contribution is -0.143. The Morgan fingerprint density at radius 1 is 0.900 bits per heavy atom. The smallest absolute Gasteiger partial charge is 0.290 e. The second kappa shape index (κ2) is 20.4. The number of hydrogen-bond donors (Lipinski definition) is 5. The summed E-state index contributed by atoms with van der Waals surface area (Å²) >= 11 is 5.98. The fourth-order valence-electron chi connectivity index (χ4n) is 7.37. The van der Waals surface area contributed by atoms with Crippen molar-refractivity contribution in [1.82, 2.24) is 26.2 Å². The summed E-state index contributed by atoms with van der Waals surface area (Å²) in [6, 6.07) is 0.205. The van der Waals surface area contributed by atoms with E-state index in [4.69, 9.17) is 22.1 Å². The number of ether oxygens (including phenoxy) is 1. The highest BCUT2D eigenvalue weighted by Gasteiger charge is 2.46. The molecular weight excluding hydrogens is 823 g/mol. The lowest BCUT2D eigenvalue weighted by atomic mass is 9.83. The Kier molecular flexibility index (Phi) is 16.1. The molecule has 2 aromatic rings. The van der Waals surface area contributed by atoms with Gasteiger partial charge in [0.2, 0.25) is 35.2 Å². The van der Waals surface area contributed by atoms with Gasteiger partial charge in [-0.05, 0) is 63.6 Å². The molecule has 2 fully saturated rings. The van der Waals surface area contributed by atoms with Crippen molar-refractivity contribution in [3.05, 3.63) is 69.5 Å². The van der Waals surface area contributed by atoms with E-state index in [1.165, 1.54) is 24.3 Å². The van der Waals surface area contributed by atoms with Crippen LogP contribution in [-0.2, 0) is 33.5 Å². The molecule has 1 saturated heterocycles. The van der Waals surface area contributed by atoms with Crippen LogP contribution >= 0.6 is 11.6 Å². The van der Waals surface area contributed by atoms with Crippen LogP contribution in [0.1, 0.15) is 101 Å². The highest BCUT2D eigenvalue weighted by molar-refractivity contribution is 6.38. The number of nitrogens with one attached hydrogen (secondary N) is 4. The maximum absolute atomic E-state index is 14.7. The number of Topliss-reactive ketones (excluding diaryl/α,β-unsaturated/α-hetero) is 1. The highest BCUT2D eigenvalue weighted by Crippen LogP contribution is 2.32. The maximum atomic E-state index is 14.7. The lowest BCUT2D eigenvalue weighted by Gasteiger charge is -2.35. The van der Waals surface area contributed by atoms with Crippen molar-refractivity contribution in [3.8, 4) is 0 Å². The monoisotopic (exact) mass is 870 g/mol. The first kappa shape index (κ1) is 47.5. The van der Waals surface area contributed by atoms with Gasteiger partial charge in [0.05, 0.1) is 24.3 Å². The number of halogens is 6. The molecular formula is C40H48ClF5N6O8. The molecule has 0 aromatic heterocycles. The first-order valence-corrected chi connectivity index (χ1v) is 19.8. The van der Waals surface area contributed by atoms with E-state index in [0.717, 1.165) is 11.3 Å². The number of amides is 6. The standard InChI is InChI=1S/C40H48ClF5N6O8/c1-5-10-23(34(54)38(58)48-17-25(53)50-32(35(47)55)20-13-9-14-21(41)15-20)49-36(56)24-16-22(60-40(2,3)4)18-52(24)39(59)33(19-11-7-6-8-12-19)51-37(57)26-27(42)29(44)31(46)30(45)28(26)43/h9,13-15,19,22-24,32-33H,5-8,10-12,16-18H2,1-4H3,(H2,47,55)(H,48,58)(H,49,56)(H,50,53)(H,51,57). The van der Waals surface area contributed by atoms with Crippen LogP contribution < -0.4 is 27.0 Å². The number of hydrogen-bond acceptors (Lipinski definition) is 8. The highest BCUT2D eigenvalue weighted by atomic mass is 35.5. The van der Waals surface area contributed by atoms with Crippen LogP contribution in [0.3, 0.4) is 0 Å². The summed E-state index contributed by atoms with van der Waals surface area (Å²) in [7, 11) is 0. The lowest BCUT2D eigenvalue weighted by Crippen LogP contribution is -2.58. The van der Waals surface area contributed by atoms with E-state index in [0.29, 0.717) is 25.7 Å². The second-order valence-corrected chi connectivity index (χ2v) is 16.2. The molecule has 1 aliphatic carbocycles. The molecule has 1 saturated carbocycles. The number of benzene rings is 2. The molecule has 20 heteroatoms. The number of primary amides is 1. The molecule has 14 nitrogen and oxygen atoms in total. The molecule has 2 aromatic carbocycles. The van der Waals surface area contributed by atoms with Crippen molar-refractivity contribution >= 4 is 52.8 Å². The largest absolute Gasteiger partial charge is 0.371 e. The Bertz CT molecular complexity index is 1970. The molecule has 0 bridgehead atoms. The molecule has 1 heterocycles. The number of likely N-dealkylation sites (tertiary alicyclic amines) is 1. The van der Waals surface area contributed by atoms with Gasteiger partial charge in [0.25, 0.3) is 11.8 Å². The molecule has 6 amide bonds. The van der Waals surface area contributed by atoms with Crippen LogP contribution in [0, 0.1) is 35.0 Å². The normalized spacial score (nSPS) is 18.5. The maximum Gasteiger partial charge on any atom is 0.290 e. The quantitative estimate of drug-likeness (QED) is 0.0725. The minimum Gasteiger partial charge on any atom is -0.371 e.